The highest BCUT2D eigenvalue weighted by Gasteiger charge is 2.21. The molecule has 0 aliphatic rings. The molecule has 0 fully saturated rings. The second kappa shape index (κ2) is 8.77. The molecule has 0 saturated carbocycles. The van der Waals surface area contributed by atoms with E-state index in [9.17, 15) is 14.4 Å². The number of rotatable bonds is 6. The summed E-state index contributed by atoms with van der Waals surface area (Å²) in [6.07, 6.45) is -0.162. The molecule has 8 heteroatoms. The number of carbonyl (C=O) groups is 3. The van der Waals surface area contributed by atoms with E-state index in [2.05, 4.69) is 10.6 Å². The maximum Gasteiger partial charge on any atom is 0.303 e. The van der Waals surface area contributed by atoms with Crippen LogP contribution in [0.3, 0.4) is 0 Å². The lowest BCUT2D eigenvalue weighted by atomic mass is 10.1. The zero-order valence-electron chi connectivity index (χ0n) is 9.73. The van der Waals surface area contributed by atoms with E-state index in [0.717, 1.165) is 0 Å². The Morgan fingerprint density at radius 1 is 1.29 bits per heavy atom. The predicted octanol–water partition coefficient (Wildman–Crippen LogP) is -1.15. The van der Waals surface area contributed by atoms with Crippen molar-refractivity contribution in [1.29, 1.82) is 0 Å². The normalized spacial score (nSPS) is 12.9. The molecule has 2 atom stereocenters. The van der Waals surface area contributed by atoms with Crippen molar-refractivity contribution in [2.45, 2.75) is 31.8 Å². The van der Waals surface area contributed by atoms with Crippen molar-refractivity contribution in [3.63, 3.8) is 0 Å². The largest absolute Gasteiger partial charge is 0.481 e. The predicted molar refractivity (Wildman–Crippen MR) is 63.8 cm³/mol. The number of hydrogen-bond acceptors (Lipinski definition) is 4. The summed E-state index contributed by atoms with van der Waals surface area (Å²) in [6, 6.07) is -1.60. The van der Waals surface area contributed by atoms with Crippen molar-refractivity contribution in [2.24, 2.45) is 5.73 Å². The zero-order valence-corrected chi connectivity index (χ0v) is 10.5. The van der Waals surface area contributed by atoms with Crippen LogP contribution in [0.1, 0.15) is 19.8 Å². The molecule has 0 radical (unpaired) electrons. The van der Waals surface area contributed by atoms with Crippen LogP contribution in [0.5, 0.6) is 0 Å². The number of amides is 2. The van der Waals surface area contributed by atoms with E-state index in [1.165, 1.54) is 14.0 Å². The quantitative estimate of drug-likeness (QED) is 0.484. The van der Waals surface area contributed by atoms with Gasteiger partial charge in [0.25, 0.3) is 0 Å². The molecule has 7 nitrogen and oxygen atoms in total. The third kappa shape index (κ3) is 7.53. The average Bonchev–Trinajstić information content (AvgIpc) is 2.22. The molecule has 0 heterocycles. The monoisotopic (exact) mass is 267 g/mol. The van der Waals surface area contributed by atoms with Gasteiger partial charge in [0.2, 0.25) is 11.8 Å². The van der Waals surface area contributed by atoms with Gasteiger partial charge in [-0.05, 0) is 13.3 Å². The summed E-state index contributed by atoms with van der Waals surface area (Å²) in [5.41, 5.74) is 5.32. The number of carboxylic acid groups (broad SMARTS) is 1. The van der Waals surface area contributed by atoms with E-state index >= 15 is 0 Å². The maximum absolute atomic E-state index is 11.3. The molecule has 17 heavy (non-hydrogen) atoms. The molecule has 0 aliphatic heterocycles. The first-order valence-corrected chi connectivity index (χ1v) is 4.87. The topological polar surface area (TPSA) is 122 Å². The summed E-state index contributed by atoms with van der Waals surface area (Å²) in [5, 5.41) is 13.2. The lowest BCUT2D eigenvalue weighted by Crippen LogP contribution is -2.50. The van der Waals surface area contributed by atoms with Gasteiger partial charge >= 0.3 is 5.97 Å². The number of carbonyl (C=O) groups excluding carboxylic acids is 2. The molecule has 0 aliphatic carbocycles. The fourth-order valence-corrected chi connectivity index (χ4v) is 1.01. The third-order valence-electron chi connectivity index (χ3n) is 1.94. The van der Waals surface area contributed by atoms with Crippen molar-refractivity contribution in [3.05, 3.63) is 0 Å². The van der Waals surface area contributed by atoms with Crippen LogP contribution in [0.15, 0.2) is 0 Å². The van der Waals surface area contributed by atoms with Crippen LogP contribution in [0.4, 0.5) is 0 Å². The summed E-state index contributed by atoms with van der Waals surface area (Å²) in [6.45, 7) is 1.48. The number of carboxylic acids is 1. The Bertz CT molecular complexity index is 283. The van der Waals surface area contributed by atoms with E-state index in [4.69, 9.17) is 10.8 Å². The molecule has 0 bridgehead atoms. The van der Waals surface area contributed by atoms with Crippen LogP contribution in [-0.2, 0) is 14.4 Å². The molecule has 2 amide bonds. The number of likely N-dealkylation sites (N-methyl/N-ethyl adjacent to an activating group) is 1. The van der Waals surface area contributed by atoms with Gasteiger partial charge in [0.15, 0.2) is 0 Å². The minimum Gasteiger partial charge on any atom is -0.481 e. The summed E-state index contributed by atoms with van der Waals surface area (Å²) in [4.78, 5) is 32.9. The van der Waals surface area contributed by atoms with Crippen LogP contribution in [0.25, 0.3) is 0 Å². The van der Waals surface area contributed by atoms with E-state index in [1.54, 1.807) is 0 Å². The van der Waals surface area contributed by atoms with Crippen LogP contribution >= 0.6 is 12.4 Å². The van der Waals surface area contributed by atoms with Crippen molar-refractivity contribution in [1.82, 2.24) is 10.6 Å². The molecular formula is C9H18ClN3O4. The second-order valence-corrected chi connectivity index (χ2v) is 3.40. The number of hydrogen-bond donors (Lipinski definition) is 4. The van der Waals surface area contributed by atoms with Crippen molar-refractivity contribution in [3.8, 4) is 0 Å². The molecule has 0 aromatic heterocycles. The highest BCUT2D eigenvalue weighted by Crippen LogP contribution is 1.98. The van der Waals surface area contributed by atoms with Gasteiger partial charge in [-0.15, -0.1) is 12.4 Å². The molecule has 100 valence electrons. The van der Waals surface area contributed by atoms with Crippen molar-refractivity contribution in [2.75, 3.05) is 7.05 Å². The highest BCUT2D eigenvalue weighted by atomic mass is 35.5. The molecule has 0 aromatic carbocycles. The lowest BCUT2D eigenvalue weighted by molar-refractivity contribution is -0.138. The van der Waals surface area contributed by atoms with Crippen molar-refractivity contribution >= 4 is 30.2 Å². The first-order valence-electron chi connectivity index (χ1n) is 4.87. The average molecular weight is 268 g/mol. The van der Waals surface area contributed by atoms with Crippen LogP contribution in [0.2, 0.25) is 0 Å². The van der Waals surface area contributed by atoms with Gasteiger partial charge in [0, 0.05) is 13.5 Å². The number of halogens is 1. The minimum absolute atomic E-state index is 0. The summed E-state index contributed by atoms with van der Waals surface area (Å²) in [5.74, 6) is -1.95. The highest BCUT2D eigenvalue weighted by molar-refractivity contribution is 5.89. The second-order valence-electron chi connectivity index (χ2n) is 3.40. The maximum atomic E-state index is 11.3. The Hall–Kier alpha value is -1.34. The summed E-state index contributed by atoms with van der Waals surface area (Å²) < 4.78 is 0. The zero-order chi connectivity index (χ0) is 12.7. The van der Waals surface area contributed by atoms with Gasteiger partial charge in [-0.3, -0.25) is 14.4 Å². The summed E-state index contributed by atoms with van der Waals surface area (Å²) >= 11 is 0. The SMILES string of the molecule is CNC(=O)[C@@H](CCC(=O)O)NC(=O)[C@H](C)N.Cl. The van der Waals surface area contributed by atoms with Gasteiger partial charge in [-0.2, -0.15) is 0 Å². The summed E-state index contributed by atoms with van der Waals surface area (Å²) in [7, 11) is 1.41. The van der Waals surface area contributed by atoms with E-state index in [-0.39, 0.29) is 25.2 Å². The number of nitrogens with two attached hydrogens (primary N) is 1. The third-order valence-corrected chi connectivity index (χ3v) is 1.94. The molecule has 0 aromatic rings. The van der Waals surface area contributed by atoms with Gasteiger partial charge in [0.05, 0.1) is 6.04 Å². The van der Waals surface area contributed by atoms with Gasteiger partial charge < -0.3 is 21.5 Å². The molecule has 5 N–H and O–H groups in total. The fourth-order valence-electron chi connectivity index (χ4n) is 1.01. The Balaban J connectivity index is 0. The van der Waals surface area contributed by atoms with Crippen LogP contribution < -0.4 is 16.4 Å². The Morgan fingerprint density at radius 2 is 1.82 bits per heavy atom. The van der Waals surface area contributed by atoms with Crippen molar-refractivity contribution < 1.29 is 19.5 Å². The molecule has 0 spiro atoms. The Morgan fingerprint density at radius 3 is 2.18 bits per heavy atom. The van der Waals surface area contributed by atoms with Gasteiger partial charge in [0.1, 0.15) is 6.04 Å². The fraction of sp³-hybridized carbons (Fsp3) is 0.667. The van der Waals surface area contributed by atoms with Crippen LogP contribution in [-0.4, -0.2) is 42.0 Å². The number of aliphatic carboxylic acids is 1. The standard InChI is InChI=1S/C9H17N3O4.ClH/c1-5(10)8(15)12-6(9(16)11-2)3-4-7(13)14;/h5-6H,3-4,10H2,1-2H3,(H,11,16)(H,12,15)(H,13,14);1H/t5-,6+;/m0./s1. The van der Waals surface area contributed by atoms with E-state index < -0.39 is 29.9 Å². The van der Waals surface area contributed by atoms with Gasteiger partial charge in [-0.25, -0.2) is 0 Å². The first kappa shape index (κ1) is 18.0. The van der Waals surface area contributed by atoms with Gasteiger partial charge in [-0.1, -0.05) is 0 Å². The van der Waals surface area contributed by atoms with Crippen LogP contribution in [0, 0.1) is 0 Å². The van der Waals surface area contributed by atoms with E-state index in [0.29, 0.717) is 0 Å². The molecule has 0 unspecified atom stereocenters. The van der Waals surface area contributed by atoms with E-state index in [1.807, 2.05) is 0 Å². The molecule has 0 rings (SSSR count). The first-order chi connectivity index (χ1) is 7.38. The smallest absolute Gasteiger partial charge is 0.303 e. The Kier molecular flexibility index (Phi) is 9.31. The molecular weight excluding hydrogens is 250 g/mol. The lowest BCUT2D eigenvalue weighted by Gasteiger charge is -2.17. The molecule has 0 saturated heterocycles. The number of nitrogens with one attached hydrogen (secondary N) is 2. The Labute approximate surface area is 106 Å². The minimum atomic E-state index is -1.02.